The molecule has 0 aliphatic rings. The number of thioether (sulfide) groups is 1. The minimum Gasteiger partial charge on any atom is -0.351 e. The first kappa shape index (κ1) is 20.9. The van der Waals surface area contributed by atoms with Gasteiger partial charge in [-0.2, -0.15) is 0 Å². The molecule has 1 amide bonds. The topological polar surface area (TPSA) is 85.8 Å². The predicted octanol–water partition coefficient (Wildman–Crippen LogP) is 3.50. The zero-order chi connectivity index (χ0) is 21.0. The standard InChI is InChI=1S/C21H24FN5OS/c1-21(2,3)16-8-6-15(7-9-16)19-25-26-20(27(19)23)29-13-18(28)24-12-14-4-10-17(22)11-5-14/h4-11H,12-13,23H2,1-3H3,(H,24,28). The fourth-order valence-corrected chi connectivity index (χ4v) is 3.36. The average Bonchev–Trinajstić information content (AvgIpc) is 3.06. The molecule has 1 aromatic heterocycles. The summed E-state index contributed by atoms with van der Waals surface area (Å²) in [6.07, 6.45) is 0. The zero-order valence-electron chi connectivity index (χ0n) is 16.6. The summed E-state index contributed by atoms with van der Waals surface area (Å²) >= 11 is 1.21. The second-order valence-corrected chi connectivity index (χ2v) is 8.64. The van der Waals surface area contributed by atoms with Gasteiger partial charge in [-0.1, -0.05) is 68.9 Å². The van der Waals surface area contributed by atoms with Gasteiger partial charge in [-0.05, 0) is 28.7 Å². The molecule has 0 aliphatic carbocycles. The molecule has 8 heteroatoms. The monoisotopic (exact) mass is 413 g/mol. The number of benzene rings is 2. The first-order valence-corrected chi connectivity index (χ1v) is 10.2. The Kier molecular flexibility index (Phi) is 6.22. The van der Waals surface area contributed by atoms with Gasteiger partial charge in [0.25, 0.3) is 0 Å². The lowest BCUT2D eigenvalue weighted by molar-refractivity contribution is -0.118. The summed E-state index contributed by atoms with van der Waals surface area (Å²) < 4.78 is 14.3. The quantitative estimate of drug-likeness (QED) is 0.477. The van der Waals surface area contributed by atoms with Gasteiger partial charge < -0.3 is 11.2 Å². The fourth-order valence-electron chi connectivity index (χ4n) is 2.68. The van der Waals surface area contributed by atoms with E-state index >= 15 is 0 Å². The molecule has 0 aliphatic heterocycles. The Balaban J connectivity index is 1.58. The molecule has 3 N–H and O–H groups in total. The van der Waals surface area contributed by atoms with E-state index in [1.54, 1.807) is 12.1 Å². The number of rotatable bonds is 6. The molecule has 1 heterocycles. The molecule has 2 aromatic carbocycles. The summed E-state index contributed by atoms with van der Waals surface area (Å²) in [7, 11) is 0. The molecule has 3 aromatic rings. The molecule has 0 atom stereocenters. The summed E-state index contributed by atoms with van der Waals surface area (Å²) in [5, 5.41) is 11.5. The van der Waals surface area contributed by atoms with Crippen LogP contribution >= 0.6 is 11.8 Å². The number of halogens is 1. The first-order valence-electron chi connectivity index (χ1n) is 9.19. The molecule has 3 rings (SSSR count). The third-order valence-corrected chi connectivity index (χ3v) is 5.35. The summed E-state index contributed by atoms with van der Waals surface area (Å²) in [6.45, 7) is 6.80. The number of nitrogens with one attached hydrogen (secondary N) is 1. The van der Waals surface area contributed by atoms with E-state index in [2.05, 4.69) is 48.4 Å². The van der Waals surface area contributed by atoms with E-state index in [1.165, 1.54) is 34.1 Å². The van der Waals surface area contributed by atoms with Crippen molar-refractivity contribution in [2.45, 2.75) is 37.9 Å². The molecule has 6 nitrogen and oxygen atoms in total. The predicted molar refractivity (Wildman–Crippen MR) is 113 cm³/mol. The van der Waals surface area contributed by atoms with Crippen molar-refractivity contribution >= 4 is 17.7 Å². The third kappa shape index (κ3) is 5.35. The second-order valence-electron chi connectivity index (χ2n) is 7.70. The highest BCUT2D eigenvalue weighted by Crippen LogP contribution is 2.26. The van der Waals surface area contributed by atoms with Crippen molar-refractivity contribution in [1.29, 1.82) is 0 Å². The van der Waals surface area contributed by atoms with Crippen molar-refractivity contribution < 1.29 is 9.18 Å². The van der Waals surface area contributed by atoms with Crippen LogP contribution in [-0.2, 0) is 16.8 Å². The Morgan fingerprint density at radius 3 is 2.38 bits per heavy atom. The fraction of sp³-hybridized carbons (Fsp3) is 0.286. The Morgan fingerprint density at radius 2 is 1.76 bits per heavy atom. The number of aromatic nitrogens is 3. The molecule has 0 saturated heterocycles. The van der Waals surface area contributed by atoms with Gasteiger partial charge in [-0.3, -0.25) is 4.79 Å². The molecule has 152 valence electrons. The number of hydrogen-bond donors (Lipinski definition) is 2. The highest BCUT2D eigenvalue weighted by atomic mass is 32.2. The van der Waals surface area contributed by atoms with Crippen molar-refractivity contribution in [3.05, 3.63) is 65.5 Å². The van der Waals surface area contributed by atoms with Crippen LogP contribution in [0, 0.1) is 5.82 Å². The van der Waals surface area contributed by atoms with Crippen molar-refractivity contribution in [3.8, 4) is 11.4 Å². The van der Waals surface area contributed by atoms with Crippen LogP contribution in [-0.4, -0.2) is 26.5 Å². The number of carbonyl (C=O) groups is 1. The maximum absolute atomic E-state index is 12.9. The number of nitrogens with zero attached hydrogens (tertiary/aromatic N) is 3. The number of carbonyl (C=O) groups excluding carboxylic acids is 1. The van der Waals surface area contributed by atoms with Crippen molar-refractivity contribution in [2.24, 2.45) is 0 Å². The van der Waals surface area contributed by atoms with E-state index < -0.39 is 0 Å². The summed E-state index contributed by atoms with van der Waals surface area (Å²) in [4.78, 5) is 12.1. The van der Waals surface area contributed by atoms with E-state index in [0.717, 1.165) is 11.1 Å². The first-order chi connectivity index (χ1) is 13.7. The van der Waals surface area contributed by atoms with Crippen LogP contribution in [0.5, 0.6) is 0 Å². The van der Waals surface area contributed by atoms with E-state index in [4.69, 9.17) is 5.84 Å². The molecular formula is C21H24FN5OS. The Hall–Kier alpha value is -2.87. The Labute approximate surface area is 173 Å². The smallest absolute Gasteiger partial charge is 0.230 e. The summed E-state index contributed by atoms with van der Waals surface area (Å²) in [6, 6.07) is 14.0. The SMILES string of the molecule is CC(C)(C)c1ccc(-c2nnc(SCC(=O)NCc3ccc(F)cc3)n2N)cc1. The average molecular weight is 414 g/mol. The molecule has 0 saturated carbocycles. The Bertz CT molecular complexity index is 978. The van der Waals surface area contributed by atoms with Crippen molar-refractivity contribution in [3.63, 3.8) is 0 Å². The van der Waals surface area contributed by atoms with Crippen LogP contribution in [0.2, 0.25) is 0 Å². The number of amides is 1. The van der Waals surface area contributed by atoms with Crippen molar-refractivity contribution in [2.75, 3.05) is 11.6 Å². The maximum Gasteiger partial charge on any atom is 0.230 e. The van der Waals surface area contributed by atoms with Gasteiger partial charge in [-0.15, -0.1) is 10.2 Å². The van der Waals surface area contributed by atoms with Crippen molar-refractivity contribution in [1.82, 2.24) is 20.2 Å². The number of nitrogen functional groups attached to an aromatic ring is 1. The molecule has 29 heavy (non-hydrogen) atoms. The largest absolute Gasteiger partial charge is 0.351 e. The lowest BCUT2D eigenvalue weighted by atomic mass is 9.87. The van der Waals surface area contributed by atoms with Crippen LogP contribution in [0.3, 0.4) is 0 Å². The van der Waals surface area contributed by atoms with Gasteiger partial charge in [0.05, 0.1) is 5.75 Å². The van der Waals surface area contributed by atoms with Crippen LogP contribution < -0.4 is 11.2 Å². The molecule has 0 spiro atoms. The highest BCUT2D eigenvalue weighted by molar-refractivity contribution is 7.99. The third-order valence-electron chi connectivity index (χ3n) is 4.41. The molecule has 0 unspecified atom stereocenters. The minimum absolute atomic E-state index is 0.0667. The summed E-state index contributed by atoms with van der Waals surface area (Å²) in [5.74, 6) is 6.35. The number of nitrogens with two attached hydrogens (primary N) is 1. The van der Waals surface area contributed by atoms with Gasteiger partial charge in [-0.25, -0.2) is 9.07 Å². The van der Waals surface area contributed by atoms with E-state index in [9.17, 15) is 9.18 Å². The van der Waals surface area contributed by atoms with Gasteiger partial charge in [0.1, 0.15) is 5.82 Å². The van der Waals surface area contributed by atoms with E-state index in [1.807, 2.05) is 12.1 Å². The van der Waals surface area contributed by atoms with Crippen LogP contribution in [0.4, 0.5) is 4.39 Å². The van der Waals surface area contributed by atoms with Gasteiger partial charge >= 0.3 is 0 Å². The number of hydrogen-bond acceptors (Lipinski definition) is 5. The Morgan fingerprint density at radius 1 is 1.10 bits per heavy atom. The summed E-state index contributed by atoms with van der Waals surface area (Å²) in [5.41, 5.74) is 2.97. The highest BCUT2D eigenvalue weighted by Gasteiger charge is 2.16. The molecule has 0 radical (unpaired) electrons. The lowest BCUT2D eigenvalue weighted by Gasteiger charge is -2.19. The van der Waals surface area contributed by atoms with E-state index in [-0.39, 0.29) is 22.9 Å². The lowest BCUT2D eigenvalue weighted by Crippen LogP contribution is -2.25. The zero-order valence-corrected chi connectivity index (χ0v) is 17.5. The van der Waals surface area contributed by atoms with Crippen LogP contribution in [0.1, 0.15) is 31.9 Å². The second kappa shape index (κ2) is 8.65. The molecule has 0 bridgehead atoms. The normalized spacial score (nSPS) is 11.4. The molecular weight excluding hydrogens is 389 g/mol. The maximum atomic E-state index is 12.9. The molecule has 0 fully saturated rings. The van der Waals surface area contributed by atoms with Gasteiger partial charge in [0.15, 0.2) is 5.82 Å². The van der Waals surface area contributed by atoms with Crippen LogP contribution in [0.25, 0.3) is 11.4 Å². The van der Waals surface area contributed by atoms with Gasteiger partial charge in [0.2, 0.25) is 11.1 Å². The van der Waals surface area contributed by atoms with Gasteiger partial charge in [0, 0.05) is 12.1 Å². The minimum atomic E-state index is -0.304. The van der Waals surface area contributed by atoms with Crippen LogP contribution in [0.15, 0.2) is 53.7 Å². The van der Waals surface area contributed by atoms with E-state index in [0.29, 0.717) is 17.5 Å².